The van der Waals surface area contributed by atoms with Crippen molar-refractivity contribution in [3.63, 3.8) is 0 Å². The van der Waals surface area contributed by atoms with E-state index in [1.54, 1.807) is 0 Å². The van der Waals surface area contributed by atoms with Crippen LogP contribution in [-0.4, -0.2) is 129 Å². The fourth-order valence-electron chi connectivity index (χ4n) is 2.57. The summed E-state index contributed by atoms with van der Waals surface area (Å²) < 4.78 is 19.8. The molecule has 1 unspecified atom stereocenters. The van der Waals surface area contributed by atoms with E-state index in [4.69, 9.17) is 19.3 Å². The molecule has 3 saturated heterocycles. The second-order valence-corrected chi connectivity index (χ2v) is 6.14. The highest BCUT2D eigenvalue weighted by Crippen LogP contribution is 2.28. The van der Waals surface area contributed by atoms with Gasteiger partial charge in [-0.1, -0.05) is 0 Å². The fraction of sp³-hybridized carbons (Fsp3) is 1.00. The van der Waals surface area contributed by atoms with Crippen LogP contribution in [0.2, 0.25) is 0 Å². The zero-order chi connectivity index (χ0) is 19.4. The maximum Gasteiger partial charge on any atom is 0.187 e. The molecule has 0 amide bonds. The number of rotatable bonds is 4. The van der Waals surface area contributed by atoms with Crippen LogP contribution < -0.4 is 0 Å². The van der Waals surface area contributed by atoms with Gasteiger partial charge in [-0.3, -0.25) is 0 Å². The zero-order valence-electron chi connectivity index (χ0n) is 13.8. The number of epoxide rings is 1. The van der Waals surface area contributed by atoms with E-state index in [1.165, 1.54) is 0 Å². The third kappa shape index (κ3) is 5.07. The van der Waals surface area contributed by atoms with Crippen molar-refractivity contribution in [3.8, 4) is 0 Å². The maximum atomic E-state index is 9.94. The summed E-state index contributed by atoms with van der Waals surface area (Å²) in [6.45, 7) is 0.655. The number of ether oxygens (including phenoxy) is 4. The topological polar surface area (TPSA) is 202 Å². The monoisotopic (exact) mass is 386 g/mol. The van der Waals surface area contributed by atoms with Crippen molar-refractivity contribution >= 4 is 0 Å². The predicted octanol–water partition coefficient (Wildman–Crippen LogP) is -5.38. The van der Waals surface area contributed by atoms with Gasteiger partial charge in [-0.15, -0.1) is 0 Å². The minimum atomic E-state index is -1.74. The molecule has 0 radical (unpaired) electrons. The van der Waals surface area contributed by atoms with Crippen molar-refractivity contribution in [1.29, 1.82) is 0 Å². The quantitative estimate of drug-likeness (QED) is 0.213. The van der Waals surface area contributed by atoms with Crippen molar-refractivity contribution in [3.05, 3.63) is 0 Å². The summed E-state index contributed by atoms with van der Waals surface area (Å²) in [5, 5.41) is 76.5. The van der Waals surface area contributed by atoms with E-state index < -0.39 is 74.6 Å². The highest BCUT2D eigenvalue weighted by molar-refractivity contribution is 4.93. The minimum absolute atomic E-state index is 0.667. The lowest BCUT2D eigenvalue weighted by atomic mass is 9.97. The Labute approximate surface area is 148 Å². The van der Waals surface area contributed by atoms with Crippen LogP contribution in [0.3, 0.4) is 0 Å². The van der Waals surface area contributed by atoms with Gasteiger partial charge in [-0.05, 0) is 0 Å². The molecule has 0 spiro atoms. The van der Waals surface area contributed by atoms with Gasteiger partial charge in [0.15, 0.2) is 12.6 Å². The Balaban J connectivity index is 0.000000732. The molecule has 0 aliphatic carbocycles. The molecule has 8 N–H and O–H groups in total. The first-order valence-corrected chi connectivity index (χ1v) is 8.16. The number of hydrogen-bond donors (Lipinski definition) is 8. The molecule has 0 saturated carbocycles. The van der Waals surface area contributed by atoms with E-state index in [9.17, 15) is 35.7 Å². The average molecular weight is 386 g/mol. The highest BCUT2D eigenvalue weighted by Gasteiger charge is 2.50. The fourth-order valence-corrected chi connectivity index (χ4v) is 2.57. The molecule has 3 rings (SSSR count). The lowest BCUT2D eigenvalue weighted by Crippen LogP contribution is -2.64. The Kier molecular flexibility index (Phi) is 8.08. The van der Waals surface area contributed by atoms with Crippen LogP contribution in [0.25, 0.3) is 0 Å². The second-order valence-electron chi connectivity index (χ2n) is 6.14. The summed E-state index contributed by atoms with van der Waals surface area (Å²) in [6.07, 6.45) is -15.6. The van der Waals surface area contributed by atoms with E-state index in [-0.39, 0.29) is 0 Å². The zero-order valence-corrected chi connectivity index (χ0v) is 13.8. The van der Waals surface area contributed by atoms with E-state index in [1.807, 2.05) is 0 Å². The van der Waals surface area contributed by atoms with Gasteiger partial charge in [0.2, 0.25) is 0 Å². The van der Waals surface area contributed by atoms with Gasteiger partial charge in [0.25, 0.3) is 0 Å². The Bertz CT molecular complexity index is 416. The SMILES string of the molecule is C1CO1.OC[C@H]1O[C@@H](O[C@H]2[C@H](O)[C@@H](O)C(O)O[C@@H]2CO)[C@H](O)[C@@H](O)[C@H]1O. The smallest absolute Gasteiger partial charge is 0.187 e. The van der Waals surface area contributed by atoms with Gasteiger partial charge in [-0.2, -0.15) is 0 Å². The summed E-state index contributed by atoms with van der Waals surface area (Å²) in [7, 11) is 0. The van der Waals surface area contributed by atoms with Gasteiger partial charge < -0.3 is 59.8 Å². The molecule has 0 aromatic heterocycles. The van der Waals surface area contributed by atoms with Crippen LogP contribution in [0.1, 0.15) is 0 Å². The summed E-state index contributed by atoms with van der Waals surface area (Å²) in [6, 6.07) is 0. The Morgan fingerprint density at radius 1 is 0.692 bits per heavy atom. The van der Waals surface area contributed by atoms with E-state index >= 15 is 0 Å². The molecule has 12 heteroatoms. The number of hydrogen-bond acceptors (Lipinski definition) is 12. The third-order valence-electron chi connectivity index (χ3n) is 4.18. The highest BCUT2D eigenvalue weighted by atomic mass is 16.7. The molecule has 3 heterocycles. The van der Waals surface area contributed by atoms with Gasteiger partial charge in [0.1, 0.15) is 48.8 Å². The van der Waals surface area contributed by atoms with E-state index in [2.05, 4.69) is 4.74 Å². The normalized spacial score (nSPS) is 48.5. The molecule has 3 aliphatic heterocycles. The summed E-state index contributed by atoms with van der Waals surface area (Å²) in [5.74, 6) is 0. The minimum Gasteiger partial charge on any atom is -0.394 e. The molecule has 0 aromatic carbocycles. The second kappa shape index (κ2) is 9.64. The molecule has 12 nitrogen and oxygen atoms in total. The van der Waals surface area contributed by atoms with Gasteiger partial charge in [0.05, 0.1) is 26.4 Å². The largest absolute Gasteiger partial charge is 0.394 e. The molecular formula is C14H26O12. The van der Waals surface area contributed by atoms with Crippen LogP contribution in [0.4, 0.5) is 0 Å². The van der Waals surface area contributed by atoms with E-state index in [0.29, 0.717) is 0 Å². The maximum absolute atomic E-state index is 9.94. The molecule has 10 atom stereocenters. The first-order chi connectivity index (χ1) is 12.3. The molecule has 0 bridgehead atoms. The first-order valence-electron chi connectivity index (χ1n) is 8.16. The van der Waals surface area contributed by atoms with Gasteiger partial charge in [0, 0.05) is 0 Å². The van der Waals surface area contributed by atoms with Crippen molar-refractivity contribution < 1.29 is 59.8 Å². The van der Waals surface area contributed by atoms with Gasteiger partial charge >= 0.3 is 0 Å². The van der Waals surface area contributed by atoms with Crippen LogP contribution in [0.15, 0.2) is 0 Å². The lowest BCUT2D eigenvalue weighted by molar-refractivity contribution is -0.355. The van der Waals surface area contributed by atoms with Crippen molar-refractivity contribution in [1.82, 2.24) is 0 Å². The van der Waals surface area contributed by atoms with Crippen LogP contribution in [0.5, 0.6) is 0 Å². The number of aliphatic hydroxyl groups is 8. The molecule has 3 aliphatic rings. The summed E-state index contributed by atoms with van der Waals surface area (Å²) >= 11 is 0. The van der Waals surface area contributed by atoms with Crippen molar-refractivity contribution in [2.45, 2.75) is 61.4 Å². The summed E-state index contributed by atoms with van der Waals surface area (Å²) in [4.78, 5) is 0. The third-order valence-corrected chi connectivity index (χ3v) is 4.18. The molecular weight excluding hydrogens is 360 g/mol. The van der Waals surface area contributed by atoms with Crippen molar-refractivity contribution in [2.75, 3.05) is 26.4 Å². The predicted molar refractivity (Wildman–Crippen MR) is 79.4 cm³/mol. The number of aliphatic hydroxyl groups excluding tert-OH is 8. The Hall–Kier alpha value is -0.480. The van der Waals surface area contributed by atoms with Crippen LogP contribution >= 0.6 is 0 Å². The van der Waals surface area contributed by atoms with Crippen LogP contribution in [0, 0.1) is 0 Å². The Morgan fingerprint density at radius 2 is 1.27 bits per heavy atom. The Morgan fingerprint density at radius 3 is 1.77 bits per heavy atom. The first kappa shape index (κ1) is 21.8. The lowest BCUT2D eigenvalue weighted by Gasteiger charge is -2.45. The van der Waals surface area contributed by atoms with Crippen molar-refractivity contribution in [2.24, 2.45) is 0 Å². The molecule has 26 heavy (non-hydrogen) atoms. The standard InChI is InChI=1S/C12H22O11.C2H4O/c13-1-3-5(15)6(16)9(19)12(22-3)23-10-4(2-14)21-11(20)8(18)7(10)17;1-2-3-1/h3-20H,1-2H2;1-2H2/t3-,4-,5+,6+,7-,8-,9-,10-,11?,12+;/m1./s1. The summed E-state index contributed by atoms with van der Waals surface area (Å²) in [5.41, 5.74) is 0. The van der Waals surface area contributed by atoms with E-state index in [0.717, 1.165) is 13.2 Å². The molecule has 154 valence electrons. The molecule has 0 aromatic rings. The average Bonchev–Trinajstić information content (AvgIpc) is 3.51. The van der Waals surface area contributed by atoms with Crippen LogP contribution in [-0.2, 0) is 18.9 Å². The molecule has 3 fully saturated rings. The van der Waals surface area contributed by atoms with Gasteiger partial charge in [-0.25, -0.2) is 0 Å².